The Morgan fingerprint density at radius 3 is 3.00 bits per heavy atom. The molecule has 2 aliphatic rings. The molecule has 0 fully saturated rings. The van der Waals surface area contributed by atoms with Gasteiger partial charge < -0.3 is 5.32 Å². The third kappa shape index (κ3) is 2.13. The Labute approximate surface area is 149 Å². The summed E-state index contributed by atoms with van der Waals surface area (Å²) in [6, 6.07) is 5.76. The molecule has 7 heteroatoms. The van der Waals surface area contributed by atoms with Crippen molar-refractivity contribution in [3.63, 3.8) is 0 Å². The SMILES string of the molecule is Cn1ncnc1C1c2n[nH]c(=O)c3cccc(c23)NC1C1=CC=CCC1. The van der Waals surface area contributed by atoms with Crippen molar-refractivity contribution in [1.82, 2.24) is 25.0 Å². The maximum absolute atomic E-state index is 12.3. The van der Waals surface area contributed by atoms with E-state index in [0.717, 1.165) is 35.4 Å². The van der Waals surface area contributed by atoms with Gasteiger partial charge in [0.25, 0.3) is 5.56 Å². The normalized spacial score (nSPS) is 21.5. The molecule has 3 aromatic rings. The van der Waals surface area contributed by atoms with Crippen molar-refractivity contribution < 1.29 is 0 Å². The highest BCUT2D eigenvalue weighted by Gasteiger charge is 2.38. The molecular formula is C19H18N6O. The van der Waals surface area contributed by atoms with Crippen LogP contribution in [0.25, 0.3) is 10.8 Å². The molecule has 0 spiro atoms. The topological polar surface area (TPSA) is 88.5 Å². The molecule has 7 nitrogen and oxygen atoms in total. The first-order valence-electron chi connectivity index (χ1n) is 8.71. The summed E-state index contributed by atoms with van der Waals surface area (Å²) in [5.74, 6) is 0.697. The van der Waals surface area contributed by atoms with E-state index in [1.807, 2.05) is 25.2 Å². The summed E-state index contributed by atoms with van der Waals surface area (Å²) in [7, 11) is 1.89. The zero-order valence-corrected chi connectivity index (χ0v) is 14.3. The van der Waals surface area contributed by atoms with Crippen LogP contribution in [0.15, 0.2) is 53.1 Å². The monoisotopic (exact) mass is 346 g/mol. The summed E-state index contributed by atoms with van der Waals surface area (Å²) in [6.45, 7) is 0. The molecule has 2 aromatic heterocycles. The van der Waals surface area contributed by atoms with Gasteiger partial charge in [-0.1, -0.05) is 24.3 Å². The molecule has 130 valence electrons. The van der Waals surface area contributed by atoms with E-state index in [1.165, 1.54) is 5.57 Å². The van der Waals surface area contributed by atoms with Gasteiger partial charge in [-0.05, 0) is 30.5 Å². The van der Waals surface area contributed by atoms with Crippen molar-refractivity contribution >= 4 is 16.5 Å². The van der Waals surface area contributed by atoms with Crippen LogP contribution in [0.4, 0.5) is 5.69 Å². The van der Waals surface area contributed by atoms with Crippen LogP contribution in [0, 0.1) is 0 Å². The van der Waals surface area contributed by atoms with Gasteiger partial charge >= 0.3 is 0 Å². The minimum absolute atomic E-state index is 0.0133. The molecule has 1 aromatic carbocycles. The lowest BCUT2D eigenvalue weighted by Crippen LogP contribution is -2.37. The van der Waals surface area contributed by atoms with Crippen molar-refractivity contribution in [1.29, 1.82) is 0 Å². The first kappa shape index (κ1) is 15.1. The first-order valence-corrected chi connectivity index (χ1v) is 8.71. The van der Waals surface area contributed by atoms with Gasteiger partial charge in [-0.15, -0.1) is 0 Å². The smallest absolute Gasteiger partial charge is 0.272 e. The number of rotatable bonds is 2. The molecule has 1 aliphatic carbocycles. The summed E-state index contributed by atoms with van der Waals surface area (Å²) in [5, 5.41) is 16.5. The lowest BCUT2D eigenvalue weighted by molar-refractivity contribution is 0.576. The summed E-state index contributed by atoms with van der Waals surface area (Å²) in [5.41, 5.74) is 2.90. The number of aryl methyl sites for hydroxylation is 1. The molecular weight excluding hydrogens is 328 g/mol. The molecule has 0 amide bonds. The predicted molar refractivity (Wildman–Crippen MR) is 99.1 cm³/mol. The van der Waals surface area contributed by atoms with E-state index >= 15 is 0 Å². The predicted octanol–water partition coefficient (Wildman–Crippen LogP) is 2.25. The van der Waals surface area contributed by atoms with E-state index in [-0.39, 0.29) is 17.5 Å². The third-order valence-electron chi connectivity index (χ3n) is 5.25. The minimum atomic E-state index is -0.178. The molecule has 1 aliphatic heterocycles. The number of hydrogen-bond acceptors (Lipinski definition) is 5. The van der Waals surface area contributed by atoms with Crippen LogP contribution in [-0.4, -0.2) is 31.0 Å². The minimum Gasteiger partial charge on any atom is -0.377 e. The zero-order valence-electron chi connectivity index (χ0n) is 14.3. The summed E-state index contributed by atoms with van der Waals surface area (Å²) < 4.78 is 1.78. The van der Waals surface area contributed by atoms with Crippen molar-refractivity contribution in [3.8, 4) is 0 Å². The van der Waals surface area contributed by atoms with Crippen LogP contribution < -0.4 is 10.9 Å². The number of H-pyrrole nitrogens is 1. The number of anilines is 1. The number of benzene rings is 1. The maximum Gasteiger partial charge on any atom is 0.272 e. The van der Waals surface area contributed by atoms with Crippen LogP contribution in [0.3, 0.4) is 0 Å². The number of hydrogen-bond donors (Lipinski definition) is 2. The molecule has 0 radical (unpaired) electrons. The maximum atomic E-state index is 12.3. The average molecular weight is 346 g/mol. The van der Waals surface area contributed by atoms with Gasteiger partial charge in [0.05, 0.1) is 23.0 Å². The fourth-order valence-corrected chi connectivity index (χ4v) is 4.04. The Balaban J connectivity index is 1.80. The number of nitrogens with zero attached hydrogens (tertiary/aromatic N) is 4. The van der Waals surface area contributed by atoms with E-state index in [4.69, 9.17) is 0 Å². The second kappa shape index (κ2) is 5.66. The molecule has 3 heterocycles. The van der Waals surface area contributed by atoms with Crippen LogP contribution in [-0.2, 0) is 7.05 Å². The van der Waals surface area contributed by atoms with E-state index < -0.39 is 0 Å². The standard InChI is InChI=1S/C19H18N6O/c1-25-18(20-10-21-25)15-16(11-6-3-2-4-7-11)22-13-9-5-8-12-14(13)17(15)23-24-19(12)26/h2-3,5-6,8-10,15-16,22H,4,7H2,1H3,(H,24,26). The number of aromatic nitrogens is 5. The van der Waals surface area contributed by atoms with Gasteiger partial charge in [-0.25, -0.2) is 10.1 Å². The first-order chi connectivity index (χ1) is 12.7. The molecule has 0 saturated heterocycles. The van der Waals surface area contributed by atoms with Gasteiger partial charge in [0.2, 0.25) is 0 Å². The molecule has 0 bridgehead atoms. The van der Waals surface area contributed by atoms with Gasteiger partial charge in [0, 0.05) is 18.1 Å². The van der Waals surface area contributed by atoms with Crippen LogP contribution >= 0.6 is 0 Å². The Kier molecular flexibility index (Phi) is 3.28. The Morgan fingerprint density at radius 2 is 2.23 bits per heavy atom. The summed E-state index contributed by atoms with van der Waals surface area (Å²) in [6.07, 6.45) is 10.0. The van der Waals surface area contributed by atoms with Crippen molar-refractivity contribution in [2.24, 2.45) is 7.05 Å². The van der Waals surface area contributed by atoms with Crippen molar-refractivity contribution in [2.45, 2.75) is 24.8 Å². The van der Waals surface area contributed by atoms with Crippen LogP contribution in [0.2, 0.25) is 0 Å². The van der Waals surface area contributed by atoms with E-state index in [9.17, 15) is 4.79 Å². The van der Waals surface area contributed by atoms with Gasteiger partial charge in [0.1, 0.15) is 12.2 Å². The number of aromatic amines is 1. The highest BCUT2D eigenvalue weighted by atomic mass is 16.1. The van der Waals surface area contributed by atoms with E-state index in [1.54, 1.807) is 11.0 Å². The van der Waals surface area contributed by atoms with E-state index in [0.29, 0.717) is 5.39 Å². The second-order valence-corrected chi connectivity index (χ2v) is 6.72. The Bertz CT molecular complexity index is 1120. The summed E-state index contributed by atoms with van der Waals surface area (Å²) >= 11 is 0. The quantitative estimate of drug-likeness (QED) is 0.743. The van der Waals surface area contributed by atoms with Crippen molar-refractivity contribution in [2.75, 3.05) is 5.32 Å². The fourth-order valence-electron chi connectivity index (χ4n) is 4.04. The molecule has 0 saturated carbocycles. The van der Waals surface area contributed by atoms with E-state index in [2.05, 4.69) is 43.8 Å². The summed E-state index contributed by atoms with van der Waals surface area (Å²) in [4.78, 5) is 16.8. The largest absolute Gasteiger partial charge is 0.377 e. The lowest BCUT2D eigenvalue weighted by atomic mass is 9.81. The van der Waals surface area contributed by atoms with Crippen LogP contribution in [0.1, 0.15) is 30.3 Å². The third-order valence-corrected chi connectivity index (χ3v) is 5.25. The highest BCUT2D eigenvalue weighted by Crippen LogP contribution is 2.42. The Hall–Kier alpha value is -3.22. The second-order valence-electron chi connectivity index (χ2n) is 6.72. The lowest BCUT2D eigenvalue weighted by Gasteiger charge is -2.35. The highest BCUT2D eigenvalue weighted by molar-refractivity contribution is 5.97. The molecule has 2 unspecified atom stereocenters. The molecule has 2 N–H and O–H groups in total. The van der Waals surface area contributed by atoms with Crippen molar-refractivity contribution in [3.05, 3.63) is 70.2 Å². The Morgan fingerprint density at radius 1 is 1.31 bits per heavy atom. The van der Waals surface area contributed by atoms with Crippen LogP contribution in [0.5, 0.6) is 0 Å². The molecule has 26 heavy (non-hydrogen) atoms. The van der Waals surface area contributed by atoms with Gasteiger partial charge in [0.15, 0.2) is 0 Å². The fraction of sp³-hybridized carbons (Fsp3) is 0.263. The zero-order chi connectivity index (χ0) is 17.7. The van der Waals surface area contributed by atoms with Gasteiger partial charge in [-0.2, -0.15) is 10.2 Å². The average Bonchev–Trinajstić information content (AvgIpc) is 3.10. The molecule has 5 rings (SSSR count). The number of nitrogens with one attached hydrogen (secondary N) is 2. The number of allylic oxidation sites excluding steroid dienone is 3. The molecule has 2 atom stereocenters. The van der Waals surface area contributed by atoms with Gasteiger partial charge in [-0.3, -0.25) is 9.48 Å².